The van der Waals surface area contributed by atoms with Crippen LogP contribution in [-0.4, -0.2) is 40.0 Å². The van der Waals surface area contributed by atoms with Gasteiger partial charge in [0.2, 0.25) is 11.8 Å². The third-order valence-electron chi connectivity index (χ3n) is 6.35. The fourth-order valence-electron chi connectivity index (χ4n) is 4.72. The molecule has 1 aromatic heterocycles. The number of carboxylic acid groups (broad SMARTS) is 1. The molecule has 3 N–H and O–H groups in total. The highest BCUT2D eigenvalue weighted by Crippen LogP contribution is 2.24. The first-order valence-electron chi connectivity index (χ1n) is 12.2. The number of aliphatic carboxylic acids is 1. The van der Waals surface area contributed by atoms with Crippen LogP contribution in [0.5, 0.6) is 0 Å². The molecule has 7 nitrogen and oxygen atoms in total. The van der Waals surface area contributed by atoms with E-state index in [4.69, 9.17) is 0 Å². The number of benzene rings is 1. The molecule has 0 radical (unpaired) electrons. The molecule has 0 saturated heterocycles. The summed E-state index contributed by atoms with van der Waals surface area (Å²) >= 11 is 0. The Morgan fingerprint density at radius 2 is 1.88 bits per heavy atom. The first-order valence-corrected chi connectivity index (χ1v) is 12.2. The predicted octanol–water partition coefficient (Wildman–Crippen LogP) is 3.89. The summed E-state index contributed by atoms with van der Waals surface area (Å²) < 4.78 is 2.25. The Kier molecular flexibility index (Phi) is 8.92. The predicted molar refractivity (Wildman–Crippen MR) is 129 cm³/mol. The topological polar surface area (TPSA) is 100 Å². The lowest BCUT2D eigenvalue weighted by atomic mass is 9.92. The molecule has 2 amide bonds. The summed E-state index contributed by atoms with van der Waals surface area (Å²) in [7, 11) is 0. The molecule has 0 fully saturated rings. The normalized spacial score (nSPS) is 19.0. The minimum absolute atomic E-state index is 0.177. The van der Waals surface area contributed by atoms with Crippen LogP contribution in [0, 0.1) is 11.8 Å². The van der Waals surface area contributed by atoms with Crippen molar-refractivity contribution in [3.63, 3.8) is 0 Å². The number of amides is 2. The van der Waals surface area contributed by atoms with E-state index >= 15 is 0 Å². The van der Waals surface area contributed by atoms with Gasteiger partial charge in [0.1, 0.15) is 6.04 Å². The molecule has 1 aliphatic heterocycles. The number of aryl methyl sites for hydroxylation is 1. The van der Waals surface area contributed by atoms with Crippen LogP contribution in [0.4, 0.5) is 0 Å². The third kappa shape index (κ3) is 7.07. The van der Waals surface area contributed by atoms with Gasteiger partial charge in [-0.2, -0.15) is 0 Å². The maximum atomic E-state index is 13.1. The van der Waals surface area contributed by atoms with Crippen molar-refractivity contribution in [2.45, 2.75) is 77.8 Å². The quantitative estimate of drug-likeness (QED) is 0.615. The second kappa shape index (κ2) is 11.9. The number of carbonyl (C=O) groups is 3. The molecule has 2 heterocycles. The Hall–Kier alpha value is -2.83. The number of fused-ring (bicyclic) bond motifs is 5. The van der Waals surface area contributed by atoms with Crippen molar-refractivity contribution < 1.29 is 19.5 Å². The van der Waals surface area contributed by atoms with Gasteiger partial charge in [0.05, 0.1) is 6.42 Å². The smallest absolute Gasteiger partial charge is 0.304 e. The van der Waals surface area contributed by atoms with Crippen LogP contribution in [0.3, 0.4) is 0 Å². The fraction of sp³-hybridized carbons (Fsp3) is 0.577. The van der Waals surface area contributed by atoms with Gasteiger partial charge in [0.25, 0.3) is 0 Å². The van der Waals surface area contributed by atoms with Crippen molar-refractivity contribution in [3.05, 3.63) is 36.0 Å². The summed E-state index contributed by atoms with van der Waals surface area (Å²) in [5.74, 6) is -2.07. The Bertz CT molecular complexity index is 966. The van der Waals surface area contributed by atoms with Crippen molar-refractivity contribution in [2.75, 3.05) is 6.54 Å². The average molecular weight is 456 g/mol. The standard InChI is InChI=1S/C26H37N3O4/c1-18(2)14-19(16-24(30)31)25(32)28-22-15-20-17-29(23-11-7-6-10-21(20)23)13-9-5-3-4-8-12-27-26(22)33/h6-7,10-11,17-19,22H,3-5,8-9,12-16H2,1-2H3,(H,27,33)(H,28,32)(H,30,31)/t19?,22-/m0/s1. The van der Waals surface area contributed by atoms with Gasteiger partial charge in [-0.3, -0.25) is 14.4 Å². The van der Waals surface area contributed by atoms with Crippen molar-refractivity contribution in [3.8, 4) is 0 Å². The van der Waals surface area contributed by atoms with Crippen LogP contribution >= 0.6 is 0 Å². The molecule has 2 bridgehead atoms. The zero-order chi connectivity index (χ0) is 23.8. The molecule has 180 valence electrons. The molecule has 2 aromatic rings. The number of para-hydroxylation sites is 1. The summed E-state index contributed by atoms with van der Waals surface area (Å²) in [6.45, 7) is 5.44. The molecule has 1 aliphatic rings. The van der Waals surface area contributed by atoms with Crippen molar-refractivity contribution in [1.29, 1.82) is 0 Å². The van der Waals surface area contributed by atoms with Crippen LogP contribution < -0.4 is 10.6 Å². The monoisotopic (exact) mass is 455 g/mol. The van der Waals surface area contributed by atoms with Gasteiger partial charge in [-0.1, -0.05) is 51.3 Å². The first kappa shape index (κ1) is 24.8. The fourth-order valence-corrected chi connectivity index (χ4v) is 4.72. The second-order valence-corrected chi connectivity index (χ2v) is 9.61. The number of rotatable bonds is 6. The summed E-state index contributed by atoms with van der Waals surface area (Å²) in [5, 5.41) is 16.3. The lowest BCUT2D eigenvalue weighted by Gasteiger charge is -2.23. The van der Waals surface area contributed by atoms with Crippen LogP contribution in [0.2, 0.25) is 0 Å². The SMILES string of the molecule is CC(C)CC(CC(=O)O)C(=O)N[C@H]1Cc2cn(c3ccccc23)CCCCCCCNC1=O. The summed E-state index contributed by atoms with van der Waals surface area (Å²) in [6, 6.07) is 7.41. The highest BCUT2D eigenvalue weighted by atomic mass is 16.4. The van der Waals surface area contributed by atoms with Gasteiger partial charge in [-0.15, -0.1) is 0 Å². The molecule has 0 saturated carbocycles. The summed E-state index contributed by atoms with van der Waals surface area (Å²) in [5.41, 5.74) is 2.15. The zero-order valence-corrected chi connectivity index (χ0v) is 19.8. The Morgan fingerprint density at radius 1 is 1.15 bits per heavy atom. The van der Waals surface area contributed by atoms with Crippen LogP contribution in [0.1, 0.15) is 64.4 Å². The van der Waals surface area contributed by atoms with Gasteiger partial charge in [-0.25, -0.2) is 0 Å². The van der Waals surface area contributed by atoms with E-state index < -0.39 is 17.9 Å². The van der Waals surface area contributed by atoms with Crippen molar-refractivity contribution in [1.82, 2.24) is 15.2 Å². The summed E-state index contributed by atoms with van der Waals surface area (Å²) in [4.78, 5) is 37.5. The molecule has 2 atom stereocenters. The van der Waals surface area contributed by atoms with E-state index in [1.807, 2.05) is 26.0 Å². The average Bonchev–Trinajstić information content (AvgIpc) is 3.10. The molecule has 0 aliphatic carbocycles. The summed E-state index contributed by atoms with van der Waals surface area (Å²) in [6.07, 6.45) is 8.07. The number of hydrogen-bond acceptors (Lipinski definition) is 3. The third-order valence-corrected chi connectivity index (χ3v) is 6.35. The van der Waals surface area contributed by atoms with E-state index in [1.165, 1.54) is 0 Å². The van der Waals surface area contributed by atoms with E-state index in [0.29, 0.717) is 19.4 Å². The molecular formula is C26H37N3O4. The zero-order valence-electron chi connectivity index (χ0n) is 19.8. The maximum absolute atomic E-state index is 13.1. The number of hydrogen-bond donors (Lipinski definition) is 3. The van der Waals surface area contributed by atoms with Gasteiger partial charge in [0, 0.05) is 42.5 Å². The highest BCUT2D eigenvalue weighted by molar-refractivity contribution is 5.91. The minimum Gasteiger partial charge on any atom is -0.481 e. The largest absolute Gasteiger partial charge is 0.481 e. The van der Waals surface area contributed by atoms with Crippen molar-refractivity contribution >= 4 is 28.7 Å². The number of carboxylic acids is 1. The minimum atomic E-state index is -1.01. The first-order chi connectivity index (χ1) is 15.8. The van der Waals surface area contributed by atoms with E-state index in [9.17, 15) is 19.5 Å². The van der Waals surface area contributed by atoms with E-state index in [0.717, 1.165) is 55.1 Å². The maximum Gasteiger partial charge on any atom is 0.304 e. The highest BCUT2D eigenvalue weighted by Gasteiger charge is 2.28. The van der Waals surface area contributed by atoms with Gasteiger partial charge in [-0.05, 0) is 36.8 Å². The molecule has 7 heteroatoms. The number of aromatic nitrogens is 1. The number of nitrogens with zero attached hydrogens (tertiary/aromatic N) is 1. The van der Waals surface area contributed by atoms with Crippen LogP contribution in [-0.2, 0) is 27.3 Å². The van der Waals surface area contributed by atoms with E-state index in [-0.39, 0.29) is 24.2 Å². The Morgan fingerprint density at radius 3 is 2.64 bits per heavy atom. The Balaban J connectivity index is 1.88. The van der Waals surface area contributed by atoms with E-state index in [2.05, 4.69) is 33.5 Å². The van der Waals surface area contributed by atoms with E-state index in [1.54, 1.807) is 0 Å². The molecular weight excluding hydrogens is 418 g/mol. The molecule has 1 aromatic carbocycles. The van der Waals surface area contributed by atoms with Crippen LogP contribution in [0.15, 0.2) is 30.5 Å². The molecule has 33 heavy (non-hydrogen) atoms. The van der Waals surface area contributed by atoms with Gasteiger partial charge in [0.15, 0.2) is 0 Å². The van der Waals surface area contributed by atoms with Crippen molar-refractivity contribution in [2.24, 2.45) is 11.8 Å². The Labute approximate surface area is 195 Å². The lowest BCUT2D eigenvalue weighted by Crippen LogP contribution is -2.50. The molecule has 3 rings (SSSR count). The molecule has 0 spiro atoms. The lowest BCUT2D eigenvalue weighted by molar-refractivity contribution is -0.141. The number of nitrogens with one attached hydrogen (secondary N) is 2. The second-order valence-electron chi connectivity index (χ2n) is 9.61. The van der Waals surface area contributed by atoms with Gasteiger partial charge < -0.3 is 20.3 Å². The van der Waals surface area contributed by atoms with Crippen LogP contribution in [0.25, 0.3) is 10.9 Å². The molecule has 1 unspecified atom stereocenters. The van der Waals surface area contributed by atoms with Gasteiger partial charge >= 0.3 is 5.97 Å². The number of carbonyl (C=O) groups excluding carboxylic acids is 2.